The van der Waals surface area contributed by atoms with E-state index in [4.69, 9.17) is 17.0 Å². The van der Waals surface area contributed by atoms with Crippen LogP contribution in [0.2, 0.25) is 0 Å². The fraction of sp³-hybridized carbons (Fsp3) is 0.304. The first-order valence-corrected chi connectivity index (χ1v) is 12.3. The number of thiophene rings is 1. The standard InChI is InChI=1S/C23H26BrN5O3S2/c1-12-17(22(31)32-6)20(34-19(12)21(30)28(4)5)26-23(33)25-18-13(2)27-29(14(18)3)11-15-7-9-16(24)10-8-15/h7-10H,11H2,1-6H3,(H2,25,26,33). The number of rotatable bonds is 6. The van der Waals surface area contributed by atoms with Crippen LogP contribution < -0.4 is 10.6 Å². The molecule has 0 radical (unpaired) electrons. The third-order valence-corrected chi connectivity index (χ3v) is 7.16. The summed E-state index contributed by atoms with van der Waals surface area (Å²) in [5.74, 6) is -0.730. The van der Waals surface area contributed by atoms with E-state index in [9.17, 15) is 9.59 Å². The first kappa shape index (κ1) is 25.9. The molecular weight excluding hydrogens is 538 g/mol. The van der Waals surface area contributed by atoms with Crippen LogP contribution in [-0.2, 0) is 11.3 Å². The first-order chi connectivity index (χ1) is 16.0. The van der Waals surface area contributed by atoms with E-state index in [-0.39, 0.29) is 11.0 Å². The number of nitrogens with one attached hydrogen (secondary N) is 2. The van der Waals surface area contributed by atoms with Gasteiger partial charge >= 0.3 is 5.97 Å². The molecule has 0 atom stereocenters. The number of hydrogen-bond donors (Lipinski definition) is 2. The summed E-state index contributed by atoms with van der Waals surface area (Å²) in [7, 11) is 4.63. The van der Waals surface area contributed by atoms with Gasteiger partial charge in [0.15, 0.2) is 5.11 Å². The van der Waals surface area contributed by atoms with E-state index in [0.717, 1.165) is 27.1 Å². The SMILES string of the molecule is COC(=O)c1c(NC(=S)Nc2c(C)nn(Cc3ccc(Br)cc3)c2C)sc(C(=O)N(C)C)c1C. The van der Waals surface area contributed by atoms with E-state index >= 15 is 0 Å². The molecular formula is C23H26BrN5O3S2. The number of aromatic nitrogens is 2. The molecule has 0 unspecified atom stereocenters. The number of halogens is 1. The van der Waals surface area contributed by atoms with Crippen molar-refractivity contribution in [2.75, 3.05) is 31.8 Å². The van der Waals surface area contributed by atoms with E-state index in [2.05, 4.69) is 31.7 Å². The Bertz CT molecular complexity index is 1250. The van der Waals surface area contributed by atoms with Crippen molar-refractivity contribution in [1.82, 2.24) is 14.7 Å². The van der Waals surface area contributed by atoms with Gasteiger partial charge in [-0.1, -0.05) is 28.1 Å². The first-order valence-electron chi connectivity index (χ1n) is 10.3. The number of esters is 1. The molecule has 0 saturated carbocycles. The Balaban J connectivity index is 1.84. The van der Waals surface area contributed by atoms with Crippen molar-refractivity contribution in [2.45, 2.75) is 27.3 Å². The van der Waals surface area contributed by atoms with E-state index in [0.29, 0.717) is 27.5 Å². The highest BCUT2D eigenvalue weighted by Crippen LogP contribution is 2.34. The number of carbonyl (C=O) groups excluding carboxylic acids is 2. The van der Waals surface area contributed by atoms with E-state index in [1.54, 1.807) is 21.0 Å². The molecule has 0 aliphatic carbocycles. The van der Waals surface area contributed by atoms with Gasteiger partial charge in [0.2, 0.25) is 0 Å². The van der Waals surface area contributed by atoms with Crippen LogP contribution >= 0.6 is 39.5 Å². The second kappa shape index (κ2) is 10.7. The molecule has 180 valence electrons. The summed E-state index contributed by atoms with van der Waals surface area (Å²) < 4.78 is 7.87. The second-order valence-corrected chi connectivity index (χ2v) is 10.2. The van der Waals surface area contributed by atoms with Crippen molar-refractivity contribution in [3.05, 3.63) is 61.7 Å². The van der Waals surface area contributed by atoms with Gasteiger partial charge in [-0.2, -0.15) is 5.10 Å². The highest BCUT2D eigenvalue weighted by Gasteiger charge is 2.27. The van der Waals surface area contributed by atoms with Crippen LogP contribution in [0, 0.1) is 20.8 Å². The maximum Gasteiger partial charge on any atom is 0.341 e. The number of carbonyl (C=O) groups is 2. The molecule has 2 N–H and O–H groups in total. The molecule has 34 heavy (non-hydrogen) atoms. The Morgan fingerprint density at radius 2 is 1.82 bits per heavy atom. The minimum absolute atomic E-state index is 0.194. The summed E-state index contributed by atoms with van der Waals surface area (Å²) in [6.45, 7) is 6.21. The average molecular weight is 565 g/mol. The molecule has 1 amide bonds. The fourth-order valence-electron chi connectivity index (χ4n) is 3.40. The van der Waals surface area contributed by atoms with Gasteiger partial charge in [0, 0.05) is 18.6 Å². The van der Waals surface area contributed by atoms with Crippen LogP contribution in [0.4, 0.5) is 10.7 Å². The lowest BCUT2D eigenvalue weighted by molar-refractivity contribution is 0.0601. The van der Waals surface area contributed by atoms with Crippen molar-refractivity contribution >= 4 is 67.2 Å². The molecule has 0 fully saturated rings. The lowest BCUT2D eigenvalue weighted by Gasteiger charge is -2.11. The summed E-state index contributed by atoms with van der Waals surface area (Å²) >= 11 is 10.2. The highest BCUT2D eigenvalue weighted by molar-refractivity contribution is 9.10. The number of thiocarbonyl (C=S) groups is 1. The lowest BCUT2D eigenvalue weighted by Crippen LogP contribution is -2.21. The van der Waals surface area contributed by atoms with Gasteiger partial charge in [0.25, 0.3) is 5.91 Å². The maximum absolute atomic E-state index is 12.6. The van der Waals surface area contributed by atoms with Gasteiger partial charge in [0.05, 0.1) is 41.2 Å². The quantitative estimate of drug-likeness (QED) is 0.323. The van der Waals surface area contributed by atoms with Crippen molar-refractivity contribution in [3.63, 3.8) is 0 Å². The predicted molar refractivity (Wildman–Crippen MR) is 143 cm³/mol. The summed E-state index contributed by atoms with van der Waals surface area (Å²) in [6, 6.07) is 8.08. The summed E-state index contributed by atoms with van der Waals surface area (Å²) in [5.41, 5.74) is 4.46. The smallest absolute Gasteiger partial charge is 0.341 e. The maximum atomic E-state index is 12.6. The Hall–Kier alpha value is -2.76. The third kappa shape index (κ3) is 5.48. The molecule has 2 aromatic heterocycles. The van der Waals surface area contributed by atoms with E-state index in [1.807, 2.05) is 42.8 Å². The number of methoxy groups -OCH3 is 1. The molecule has 0 spiro atoms. The molecule has 8 nitrogen and oxygen atoms in total. The number of aryl methyl sites for hydroxylation is 1. The molecule has 0 saturated heterocycles. The van der Waals surface area contributed by atoms with Crippen LogP contribution in [0.5, 0.6) is 0 Å². The van der Waals surface area contributed by atoms with Crippen molar-refractivity contribution in [1.29, 1.82) is 0 Å². The number of benzene rings is 1. The second-order valence-electron chi connectivity index (χ2n) is 7.86. The molecule has 2 heterocycles. The Kier molecular flexibility index (Phi) is 8.11. The van der Waals surface area contributed by atoms with Gasteiger partial charge in [-0.25, -0.2) is 4.79 Å². The lowest BCUT2D eigenvalue weighted by atomic mass is 10.1. The van der Waals surface area contributed by atoms with Crippen LogP contribution in [-0.4, -0.2) is 52.9 Å². The zero-order valence-electron chi connectivity index (χ0n) is 19.8. The summed E-state index contributed by atoms with van der Waals surface area (Å²) in [6.07, 6.45) is 0. The number of anilines is 2. The normalized spacial score (nSPS) is 10.7. The van der Waals surface area contributed by atoms with Gasteiger partial charge in [-0.05, 0) is 56.2 Å². The van der Waals surface area contributed by atoms with Crippen LogP contribution in [0.1, 0.15) is 42.5 Å². The van der Waals surface area contributed by atoms with E-state index < -0.39 is 5.97 Å². The largest absolute Gasteiger partial charge is 0.465 e. The van der Waals surface area contributed by atoms with Crippen molar-refractivity contribution in [2.24, 2.45) is 0 Å². The van der Waals surface area contributed by atoms with Crippen LogP contribution in [0.25, 0.3) is 0 Å². The minimum Gasteiger partial charge on any atom is -0.465 e. The van der Waals surface area contributed by atoms with Crippen LogP contribution in [0.15, 0.2) is 28.7 Å². The Morgan fingerprint density at radius 3 is 2.41 bits per heavy atom. The van der Waals surface area contributed by atoms with Crippen LogP contribution in [0.3, 0.4) is 0 Å². The zero-order valence-corrected chi connectivity index (χ0v) is 23.0. The molecule has 1 aromatic carbocycles. The Labute approximate surface area is 216 Å². The monoisotopic (exact) mass is 563 g/mol. The summed E-state index contributed by atoms with van der Waals surface area (Å²) in [4.78, 5) is 26.9. The zero-order chi connectivity index (χ0) is 25.2. The van der Waals surface area contributed by atoms with Gasteiger partial charge < -0.3 is 20.3 Å². The van der Waals surface area contributed by atoms with E-state index in [1.165, 1.54) is 23.3 Å². The Morgan fingerprint density at radius 1 is 1.18 bits per heavy atom. The number of nitrogens with zero attached hydrogens (tertiary/aromatic N) is 3. The van der Waals surface area contributed by atoms with Crippen molar-refractivity contribution < 1.29 is 14.3 Å². The fourth-order valence-corrected chi connectivity index (χ4v) is 5.15. The highest BCUT2D eigenvalue weighted by atomic mass is 79.9. The molecule has 3 aromatic rings. The predicted octanol–water partition coefficient (Wildman–Crippen LogP) is 4.98. The molecule has 11 heteroatoms. The van der Waals surface area contributed by atoms with Gasteiger partial charge in [-0.3, -0.25) is 9.48 Å². The minimum atomic E-state index is -0.536. The number of ether oxygens (including phenoxy) is 1. The average Bonchev–Trinajstić information content (AvgIpc) is 3.24. The third-order valence-electron chi connectivity index (χ3n) is 5.23. The van der Waals surface area contributed by atoms with Gasteiger partial charge in [0.1, 0.15) is 5.00 Å². The molecule has 3 rings (SSSR count). The van der Waals surface area contributed by atoms with Crippen molar-refractivity contribution in [3.8, 4) is 0 Å². The number of amides is 1. The molecule has 0 bridgehead atoms. The summed E-state index contributed by atoms with van der Waals surface area (Å²) in [5, 5.41) is 11.6. The molecule has 0 aliphatic rings. The molecule has 0 aliphatic heterocycles. The number of hydrogen-bond acceptors (Lipinski definition) is 6. The van der Waals surface area contributed by atoms with Gasteiger partial charge in [-0.15, -0.1) is 11.3 Å². The topological polar surface area (TPSA) is 88.5 Å².